The molecule has 1 aromatic heterocycles. The molecule has 1 heterocycles. The van der Waals surface area contributed by atoms with Gasteiger partial charge in [0.05, 0.1) is 0 Å². The highest BCUT2D eigenvalue weighted by atomic mass is 32.1. The topological polar surface area (TPSA) is 25.8 Å². The Morgan fingerprint density at radius 2 is 2.44 bits per heavy atom. The SMILES string of the molecule is c1nsc(C2CCC2)n1. The molecule has 1 aliphatic rings. The monoisotopic (exact) mass is 140 g/mol. The van der Waals surface area contributed by atoms with Crippen molar-refractivity contribution in [2.45, 2.75) is 25.2 Å². The summed E-state index contributed by atoms with van der Waals surface area (Å²) in [6, 6.07) is 0. The van der Waals surface area contributed by atoms with Crippen LogP contribution in [-0.4, -0.2) is 9.36 Å². The van der Waals surface area contributed by atoms with Crippen molar-refractivity contribution >= 4 is 11.5 Å². The summed E-state index contributed by atoms with van der Waals surface area (Å²) in [7, 11) is 0. The summed E-state index contributed by atoms with van der Waals surface area (Å²) in [6.07, 6.45) is 5.69. The van der Waals surface area contributed by atoms with Crippen LogP contribution in [0.15, 0.2) is 6.33 Å². The Kier molecular flexibility index (Phi) is 1.23. The second-order valence-electron chi connectivity index (χ2n) is 2.41. The van der Waals surface area contributed by atoms with E-state index >= 15 is 0 Å². The Hall–Kier alpha value is -0.440. The highest BCUT2D eigenvalue weighted by Crippen LogP contribution is 2.36. The van der Waals surface area contributed by atoms with Gasteiger partial charge in [-0.1, -0.05) is 6.42 Å². The van der Waals surface area contributed by atoms with E-state index in [-0.39, 0.29) is 0 Å². The van der Waals surface area contributed by atoms with E-state index < -0.39 is 0 Å². The molecule has 0 bridgehead atoms. The maximum atomic E-state index is 4.15. The van der Waals surface area contributed by atoms with Crippen molar-refractivity contribution in [1.82, 2.24) is 9.36 Å². The first-order valence-electron chi connectivity index (χ1n) is 3.23. The molecule has 0 N–H and O–H groups in total. The van der Waals surface area contributed by atoms with Crippen molar-refractivity contribution in [3.8, 4) is 0 Å². The summed E-state index contributed by atoms with van der Waals surface area (Å²) in [6.45, 7) is 0. The molecule has 9 heavy (non-hydrogen) atoms. The van der Waals surface area contributed by atoms with E-state index in [1.165, 1.54) is 24.3 Å². The maximum Gasteiger partial charge on any atom is 0.129 e. The minimum atomic E-state index is 0.762. The molecule has 0 unspecified atom stereocenters. The average molecular weight is 140 g/mol. The molecule has 0 amide bonds. The zero-order valence-corrected chi connectivity index (χ0v) is 5.90. The van der Waals surface area contributed by atoms with Gasteiger partial charge in [0.25, 0.3) is 0 Å². The number of aromatic nitrogens is 2. The van der Waals surface area contributed by atoms with E-state index in [1.807, 2.05) is 0 Å². The third kappa shape index (κ3) is 0.852. The largest absolute Gasteiger partial charge is 0.228 e. The van der Waals surface area contributed by atoms with Crippen LogP contribution < -0.4 is 0 Å². The fraction of sp³-hybridized carbons (Fsp3) is 0.667. The van der Waals surface area contributed by atoms with Gasteiger partial charge < -0.3 is 0 Å². The van der Waals surface area contributed by atoms with Crippen molar-refractivity contribution in [2.75, 3.05) is 0 Å². The molecule has 0 radical (unpaired) electrons. The molecule has 1 aliphatic carbocycles. The lowest BCUT2D eigenvalue weighted by atomic mass is 9.86. The van der Waals surface area contributed by atoms with Crippen molar-refractivity contribution in [1.29, 1.82) is 0 Å². The fourth-order valence-corrected chi connectivity index (χ4v) is 1.70. The lowest BCUT2D eigenvalue weighted by Gasteiger charge is -2.21. The Bertz CT molecular complexity index is 179. The first kappa shape index (κ1) is 5.35. The van der Waals surface area contributed by atoms with Crippen LogP contribution >= 0.6 is 11.5 Å². The van der Waals surface area contributed by atoms with Crippen LogP contribution in [0.4, 0.5) is 0 Å². The lowest BCUT2D eigenvalue weighted by Crippen LogP contribution is -2.07. The van der Waals surface area contributed by atoms with Crippen molar-refractivity contribution < 1.29 is 0 Å². The van der Waals surface area contributed by atoms with Gasteiger partial charge in [-0.3, -0.25) is 0 Å². The molecule has 2 nitrogen and oxygen atoms in total. The van der Waals surface area contributed by atoms with Gasteiger partial charge >= 0.3 is 0 Å². The lowest BCUT2D eigenvalue weighted by molar-refractivity contribution is 0.418. The summed E-state index contributed by atoms with van der Waals surface area (Å²) in [5.41, 5.74) is 0. The van der Waals surface area contributed by atoms with Gasteiger partial charge in [-0.15, -0.1) is 0 Å². The molecule has 1 aromatic rings. The Labute approximate surface area is 58.1 Å². The third-order valence-corrected chi connectivity index (χ3v) is 2.66. The first-order chi connectivity index (χ1) is 4.47. The van der Waals surface area contributed by atoms with Gasteiger partial charge in [0, 0.05) is 5.92 Å². The van der Waals surface area contributed by atoms with Crippen LogP contribution in [-0.2, 0) is 0 Å². The van der Waals surface area contributed by atoms with Gasteiger partial charge in [0.2, 0.25) is 0 Å². The van der Waals surface area contributed by atoms with E-state index in [4.69, 9.17) is 0 Å². The highest BCUT2D eigenvalue weighted by molar-refractivity contribution is 7.05. The zero-order chi connectivity index (χ0) is 6.10. The quantitative estimate of drug-likeness (QED) is 0.594. The molecule has 48 valence electrons. The molecule has 0 aromatic carbocycles. The Balaban J connectivity index is 2.14. The molecule has 2 rings (SSSR count). The first-order valence-corrected chi connectivity index (χ1v) is 4.01. The molecular formula is C6H8N2S. The minimum absolute atomic E-state index is 0.762. The second kappa shape index (κ2) is 2.06. The van der Waals surface area contributed by atoms with Gasteiger partial charge in [0.15, 0.2) is 0 Å². The number of rotatable bonds is 1. The van der Waals surface area contributed by atoms with E-state index in [0.29, 0.717) is 0 Å². The molecule has 0 spiro atoms. The summed E-state index contributed by atoms with van der Waals surface area (Å²) in [5, 5.41) is 1.24. The van der Waals surface area contributed by atoms with Crippen molar-refractivity contribution in [3.63, 3.8) is 0 Å². The molecule has 0 aliphatic heterocycles. The van der Waals surface area contributed by atoms with Gasteiger partial charge in [0.1, 0.15) is 11.3 Å². The predicted octanol–water partition coefficient (Wildman–Crippen LogP) is 1.81. The molecular weight excluding hydrogens is 132 g/mol. The van der Waals surface area contributed by atoms with Crippen molar-refractivity contribution in [3.05, 3.63) is 11.3 Å². The van der Waals surface area contributed by atoms with Crippen LogP contribution in [0.5, 0.6) is 0 Å². The third-order valence-electron chi connectivity index (χ3n) is 1.83. The van der Waals surface area contributed by atoms with E-state index in [0.717, 1.165) is 5.92 Å². The summed E-state index contributed by atoms with van der Waals surface area (Å²) < 4.78 is 3.96. The highest BCUT2D eigenvalue weighted by Gasteiger charge is 2.21. The fourth-order valence-electron chi connectivity index (χ4n) is 1.02. The number of hydrogen-bond donors (Lipinski definition) is 0. The normalized spacial score (nSPS) is 19.6. The standard InChI is InChI=1S/C6H8N2S/c1-2-5(3-1)6-7-4-8-9-6/h4-5H,1-3H2. The summed E-state index contributed by atoms with van der Waals surface area (Å²) in [4.78, 5) is 4.15. The van der Waals surface area contributed by atoms with Crippen LogP contribution in [0.25, 0.3) is 0 Å². The van der Waals surface area contributed by atoms with Gasteiger partial charge in [-0.05, 0) is 24.4 Å². The van der Waals surface area contributed by atoms with Gasteiger partial charge in [-0.25, -0.2) is 4.98 Å². The molecule has 1 saturated carbocycles. The van der Waals surface area contributed by atoms with Crippen molar-refractivity contribution in [2.24, 2.45) is 0 Å². The van der Waals surface area contributed by atoms with Gasteiger partial charge in [-0.2, -0.15) is 4.37 Å². The predicted molar refractivity (Wildman–Crippen MR) is 36.5 cm³/mol. The van der Waals surface area contributed by atoms with E-state index in [2.05, 4.69) is 9.36 Å². The Morgan fingerprint density at radius 3 is 2.89 bits per heavy atom. The van der Waals surface area contributed by atoms with E-state index in [9.17, 15) is 0 Å². The maximum absolute atomic E-state index is 4.15. The van der Waals surface area contributed by atoms with Crippen LogP contribution in [0.2, 0.25) is 0 Å². The Morgan fingerprint density at radius 1 is 1.56 bits per heavy atom. The molecule has 1 fully saturated rings. The second-order valence-corrected chi connectivity index (χ2v) is 3.22. The summed E-state index contributed by atoms with van der Waals surface area (Å²) >= 11 is 1.55. The summed E-state index contributed by atoms with van der Waals surface area (Å²) in [5.74, 6) is 0.762. The smallest absolute Gasteiger partial charge is 0.129 e. The number of hydrogen-bond acceptors (Lipinski definition) is 3. The zero-order valence-electron chi connectivity index (χ0n) is 5.08. The molecule has 0 saturated heterocycles. The van der Waals surface area contributed by atoms with Crippen LogP contribution in [0.3, 0.4) is 0 Å². The van der Waals surface area contributed by atoms with E-state index in [1.54, 1.807) is 17.9 Å². The number of nitrogens with zero attached hydrogens (tertiary/aromatic N) is 2. The average Bonchev–Trinajstić information content (AvgIpc) is 2.11. The van der Waals surface area contributed by atoms with Crippen LogP contribution in [0, 0.1) is 0 Å². The van der Waals surface area contributed by atoms with Crippen LogP contribution in [0.1, 0.15) is 30.2 Å². The minimum Gasteiger partial charge on any atom is -0.228 e. The molecule has 3 heteroatoms. The molecule has 0 atom stereocenters.